The molecule has 0 spiro atoms. The van der Waals surface area contributed by atoms with E-state index in [2.05, 4.69) is 48.0 Å². The summed E-state index contributed by atoms with van der Waals surface area (Å²) in [6, 6.07) is 4.23. The molecule has 0 radical (unpaired) electrons. The van der Waals surface area contributed by atoms with Crippen LogP contribution in [0.25, 0.3) is 23.2 Å². The molecule has 1 N–H and O–H groups in total. The summed E-state index contributed by atoms with van der Waals surface area (Å²) in [5, 5.41) is 4.56. The first-order valence-corrected chi connectivity index (χ1v) is 7.87. The normalized spacial score (nSPS) is 12.5. The maximum atomic E-state index is 12.0. The lowest BCUT2D eigenvalue weighted by Crippen LogP contribution is -2.09. The van der Waals surface area contributed by atoms with Crippen molar-refractivity contribution in [2.45, 2.75) is 26.2 Å². The van der Waals surface area contributed by atoms with Gasteiger partial charge in [0, 0.05) is 16.8 Å². The average molecular weight is 314 g/mol. The molecule has 3 aromatic heterocycles. The first kappa shape index (κ1) is 14.7. The Labute approximate surface area is 132 Å². The van der Waals surface area contributed by atoms with E-state index < -0.39 is 0 Å². The van der Waals surface area contributed by atoms with E-state index in [0.29, 0.717) is 16.9 Å². The highest BCUT2D eigenvalue weighted by molar-refractivity contribution is 7.13. The summed E-state index contributed by atoms with van der Waals surface area (Å²) < 4.78 is 1.60. The molecule has 114 valence electrons. The third kappa shape index (κ3) is 2.74. The van der Waals surface area contributed by atoms with Crippen LogP contribution in [0.4, 0.5) is 0 Å². The van der Waals surface area contributed by atoms with Crippen LogP contribution in [0.15, 0.2) is 23.1 Å². The molecule has 0 aliphatic carbocycles. The Bertz CT molecular complexity index is 908. The molecular formula is C16H18N4OS. The monoisotopic (exact) mass is 314 g/mol. The number of hydrogen-bond acceptors (Lipinski definition) is 4. The summed E-state index contributed by atoms with van der Waals surface area (Å²) in [5.74, 6) is 0.534. The summed E-state index contributed by atoms with van der Waals surface area (Å²) in [7, 11) is 1.77. The lowest BCUT2D eigenvalue weighted by atomic mass is 9.95. The molecule has 3 rings (SSSR count). The number of H-pyrrole nitrogens is 1. The van der Waals surface area contributed by atoms with Crippen LogP contribution in [0.5, 0.6) is 0 Å². The van der Waals surface area contributed by atoms with Gasteiger partial charge in [-0.15, -0.1) is 11.3 Å². The summed E-state index contributed by atoms with van der Waals surface area (Å²) in [6.45, 7) is 6.59. The van der Waals surface area contributed by atoms with Crippen molar-refractivity contribution in [1.82, 2.24) is 19.7 Å². The van der Waals surface area contributed by atoms with Gasteiger partial charge < -0.3 is 4.98 Å². The predicted octanol–water partition coefficient (Wildman–Crippen LogP) is 3.19. The van der Waals surface area contributed by atoms with E-state index in [-0.39, 0.29) is 11.0 Å². The molecule has 0 saturated carbocycles. The van der Waals surface area contributed by atoms with Crippen LogP contribution in [-0.2, 0) is 12.5 Å². The van der Waals surface area contributed by atoms with Crippen molar-refractivity contribution < 1.29 is 0 Å². The number of aryl methyl sites for hydroxylation is 1. The van der Waals surface area contributed by atoms with E-state index in [1.165, 1.54) is 11.1 Å². The standard InChI is InChI=1S/C16H18N4OS/c1-16(2,3)12-7-5-10(22-12)6-8-13-18-14-11(15(21)19-13)9-17-20(14)4/h5-9H,1-4H3,(H,18,19,21). The van der Waals surface area contributed by atoms with Gasteiger partial charge in [0.2, 0.25) is 0 Å². The van der Waals surface area contributed by atoms with Gasteiger partial charge in [-0.25, -0.2) is 4.98 Å². The van der Waals surface area contributed by atoms with Crippen LogP contribution in [0.1, 0.15) is 36.3 Å². The second kappa shape index (κ2) is 5.21. The van der Waals surface area contributed by atoms with Gasteiger partial charge in [0.05, 0.1) is 6.20 Å². The van der Waals surface area contributed by atoms with E-state index >= 15 is 0 Å². The Morgan fingerprint density at radius 1 is 1.27 bits per heavy atom. The molecule has 0 aliphatic heterocycles. The van der Waals surface area contributed by atoms with Gasteiger partial charge in [0.25, 0.3) is 5.56 Å². The summed E-state index contributed by atoms with van der Waals surface area (Å²) in [5.41, 5.74) is 0.570. The highest BCUT2D eigenvalue weighted by Gasteiger charge is 2.15. The Morgan fingerprint density at radius 2 is 2.05 bits per heavy atom. The van der Waals surface area contributed by atoms with Gasteiger partial charge in [-0.3, -0.25) is 9.48 Å². The Morgan fingerprint density at radius 3 is 2.73 bits per heavy atom. The molecule has 0 bridgehead atoms. The molecule has 0 aliphatic rings. The molecule has 0 aromatic carbocycles. The van der Waals surface area contributed by atoms with Crippen LogP contribution >= 0.6 is 11.3 Å². The van der Waals surface area contributed by atoms with Crippen LogP contribution in [0.2, 0.25) is 0 Å². The zero-order chi connectivity index (χ0) is 15.9. The Hall–Kier alpha value is -2.21. The smallest absolute Gasteiger partial charge is 0.262 e. The zero-order valence-corrected chi connectivity index (χ0v) is 13.9. The minimum absolute atomic E-state index is 0.150. The minimum atomic E-state index is -0.167. The van der Waals surface area contributed by atoms with Gasteiger partial charge in [0.15, 0.2) is 5.65 Å². The molecule has 5 nitrogen and oxygen atoms in total. The van der Waals surface area contributed by atoms with Crippen LogP contribution in [0.3, 0.4) is 0 Å². The van der Waals surface area contributed by atoms with Crippen LogP contribution < -0.4 is 5.56 Å². The molecule has 0 unspecified atom stereocenters. The van der Waals surface area contributed by atoms with E-state index in [4.69, 9.17) is 0 Å². The van der Waals surface area contributed by atoms with Crippen molar-refractivity contribution in [2.75, 3.05) is 0 Å². The minimum Gasteiger partial charge on any atom is -0.306 e. The number of thiophene rings is 1. The molecule has 3 aromatic rings. The number of aromatic amines is 1. The quantitative estimate of drug-likeness (QED) is 0.790. The van der Waals surface area contributed by atoms with E-state index in [1.54, 1.807) is 23.1 Å². The highest BCUT2D eigenvalue weighted by Crippen LogP contribution is 2.30. The summed E-state index contributed by atoms with van der Waals surface area (Å²) >= 11 is 1.75. The largest absolute Gasteiger partial charge is 0.306 e. The van der Waals surface area contributed by atoms with Crippen molar-refractivity contribution in [3.8, 4) is 0 Å². The van der Waals surface area contributed by atoms with Crippen LogP contribution in [0, 0.1) is 0 Å². The number of nitrogens with zero attached hydrogens (tertiary/aromatic N) is 3. The molecule has 22 heavy (non-hydrogen) atoms. The molecule has 0 fully saturated rings. The predicted molar refractivity (Wildman–Crippen MR) is 91.1 cm³/mol. The van der Waals surface area contributed by atoms with Gasteiger partial charge >= 0.3 is 0 Å². The summed E-state index contributed by atoms with van der Waals surface area (Å²) in [6.07, 6.45) is 5.33. The number of rotatable bonds is 2. The second-order valence-corrected chi connectivity index (χ2v) is 7.36. The first-order valence-electron chi connectivity index (χ1n) is 7.05. The van der Waals surface area contributed by atoms with Gasteiger partial charge in [-0.2, -0.15) is 5.10 Å². The van der Waals surface area contributed by atoms with Gasteiger partial charge in [0.1, 0.15) is 11.2 Å². The molecular weight excluding hydrogens is 296 g/mol. The van der Waals surface area contributed by atoms with Gasteiger partial charge in [-0.05, 0) is 29.7 Å². The number of aromatic nitrogens is 4. The summed E-state index contributed by atoms with van der Waals surface area (Å²) in [4.78, 5) is 21.6. The maximum absolute atomic E-state index is 12.0. The lowest BCUT2D eigenvalue weighted by molar-refractivity contribution is 0.604. The lowest BCUT2D eigenvalue weighted by Gasteiger charge is -2.15. The van der Waals surface area contributed by atoms with Crippen molar-refractivity contribution in [2.24, 2.45) is 7.05 Å². The number of nitrogens with one attached hydrogen (secondary N) is 1. The molecule has 6 heteroatoms. The van der Waals surface area contributed by atoms with Crippen molar-refractivity contribution in [1.29, 1.82) is 0 Å². The van der Waals surface area contributed by atoms with E-state index in [9.17, 15) is 4.79 Å². The third-order valence-corrected chi connectivity index (χ3v) is 4.87. The maximum Gasteiger partial charge on any atom is 0.262 e. The van der Waals surface area contributed by atoms with Gasteiger partial charge in [-0.1, -0.05) is 20.8 Å². The molecule has 0 amide bonds. The fourth-order valence-corrected chi connectivity index (χ4v) is 3.10. The molecule has 0 atom stereocenters. The highest BCUT2D eigenvalue weighted by atomic mass is 32.1. The van der Waals surface area contributed by atoms with E-state index in [0.717, 1.165) is 4.88 Å². The van der Waals surface area contributed by atoms with Crippen molar-refractivity contribution in [3.63, 3.8) is 0 Å². The average Bonchev–Trinajstić information content (AvgIpc) is 3.04. The number of hydrogen-bond donors (Lipinski definition) is 1. The van der Waals surface area contributed by atoms with Crippen LogP contribution in [-0.4, -0.2) is 19.7 Å². The number of fused-ring (bicyclic) bond motifs is 1. The second-order valence-electron chi connectivity index (χ2n) is 6.24. The topological polar surface area (TPSA) is 63.6 Å². The zero-order valence-electron chi connectivity index (χ0n) is 13.0. The molecule has 0 saturated heterocycles. The van der Waals surface area contributed by atoms with E-state index in [1.807, 2.05) is 12.2 Å². The first-order chi connectivity index (χ1) is 10.3. The Kier molecular flexibility index (Phi) is 3.48. The van der Waals surface area contributed by atoms with Crippen molar-refractivity contribution in [3.05, 3.63) is 44.3 Å². The fourth-order valence-electron chi connectivity index (χ4n) is 2.14. The third-order valence-electron chi connectivity index (χ3n) is 3.39. The Balaban J connectivity index is 1.94. The SMILES string of the molecule is Cn1ncc2c(=O)[nH]c(C=Cc3ccc(C(C)(C)C)s3)nc21. The van der Waals surface area contributed by atoms with Crippen molar-refractivity contribution >= 4 is 34.5 Å². The fraction of sp³-hybridized carbons (Fsp3) is 0.312. The molecule has 3 heterocycles.